The van der Waals surface area contributed by atoms with E-state index in [9.17, 15) is 9.59 Å². The van der Waals surface area contributed by atoms with Crippen LogP contribution >= 0.6 is 23.6 Å². The van der Waals surface area contributed by atoms with E-state index in [-0.39, 0.29) is 17.4 Å². The van der Waals surface area contributed by atoms with Crippen molar-refractivity contribution in [3.8, 4) is 0 Å². The van der Waals surface area contributed by atoms with Crippen LogP contribution in [-0.4, -0.2) is 22.0 Å². The molecule has 0 aliphatic heterocycles. The lowest BCUT2D eigenvalue weighted by atomic mass is 9.81. The first-order chi connectivity index (χ1) is 12.1. The molecule has 0 spiro atoms. The number of nitrogens with zero attached hydrogens (tertiary/aromatic N) is 1. The molecule has 7 heteroatoms. The maximum absolute atomic E-state index is 12.6. The second-order valence-electron chi connectivity index (χ2n) is 6.87. The first-order valence-corrected chi connectivity index (χ1v) is 10.4. The van der Waals surface area contributed by atoms with Gasteiger partial charge in [0.25, 0.3) is 5.56 Å². The van der Waals surface area contributed by atoms with E-state index in [0.29, 0.717) is 17.2 Å². The van der Waals surface area contributed by atoms with E-state index in [1.165, 1.54) is 11.3 Å². The highest BCUT2D eigenvalue weighted by atomic mass is 32.1. The molecule has 2 heterocycles. The first-order valence-electron chi connectivity index (χ1n) is 9.08. The van der Waals surface area contributed by atoms with Crippen molar-refractivity contribution in [3.63, 3.8) is 0 Å². The lowest BCUT2D eigenvalue weighted by Crippen LogP contribution is -2.35. The summed E-state index contributed by atoms with van der Waals surface area (Å²) in [7, 11) is 0. The SMILES string of the molecule is CCCCNC(=O)C1CCC(Cn2c(=S)[nH]c3ccsc3c2=O)CC1. The largest absolute Gasteiger partial charge is 0.356 e. The number of amides is 1. The van der Waals surface area contributed by atoms with Gasteiger partial charge < -0.3 is 10.3 Å². The Bertz CT molecular complexity index is 844. The molecule has 0 aromatic carbocycles. The Morgan fingerprint density at radius 3 is 2.88 bits per heavy atom. The van der Waals surface area contributed by atoms with Crippen LogP contribution in [-0.2, 0) is 11.3 Å². The van der Waals surface area contributed by atoms with Gasteiger partial charge in [-0.2, -0.15) is 0 Å². The fourth-order valence-corrected chi connectivity index (χ4v) is 4.60. The van der Waals surface area contributed by atoms with Crippen LogP contribution in [0.15, 0.2) is 16.2 Å². The maximum atomic E-state index is 12.6. The van der Waals surface area contributed by atoms with Crippen molar-refractivity contribution in [1.29, 1.82) is 0 Å². The second kappa shape index (κ2) is 8.27. The number of nitrogens with one attached hydrogen (secondary N) is 2. The summed E-state index contributed by atoms with van der Waals surface area (Å²) in [6.45, 7) is 3.55. The molecule has 1 aliphatic rings. The fraction of sp³-hybridized carbons (Fsp3) is 0.611. The molecule has 2 aromatic rings. The molecule has 5 nitrogen and oxygen atoms in total. The molecule has 1 fully saturated rings. The first kappa shape index (κ1) is 18.3. The monoisotopic (exact) mass is 379 g/mol. The molecular formula is C18H25N3O2S2. The van der Waals surface area contributed by atoms with Gasteiger partial charge in [-0.15, -0.1) is 11.3 Å². The third kappa shape index (κ3) is 4.20. The molecule has 1 amide bonds. The predicted octanol–water partition coefficient (Wildman–Crippen LogP) is 3.84. The van der Waals surface area contributed by atoms with Gasteiger partial charge in [0.1, 0.15) is 4.70 Å². The van der Waals surface area contributed by atoms with Crippen molar-refractivity contribution in [2.75, 3.05) is 6.54 Å². The Balaban J connectivity index is 1.60. The van der Waals surface area contributed by atoms with Gasteiger partial charge in [0.05, 0.1) is 5.52 Å². The number of unbranched alkanes of at least 4 members (excludes halogenated alkanes) is 1. The number of carbonyl (C=O) groups is 1. The van der Waals surface area contributed by atoms with Gasteiger partial charge in [-0.05, 0) is 61.7 Å². The predicted molar refractivity (Wildman–Crippen MR) is 105 cm³/mol. The molecule has 0 unspecified atom stereocenters. The van der Waals surface area contributed by atoms with Crippen LogP contribution in [0.2, 0.25) is 0 Å². The quantitative estimate of drug-likeness (QED) is 0.592. The Morgan fingerprint density at radius 2 is 2.16 bits per heavy atom. The average Bonchev–Trinajstić information content (AvgIpc) is 3.07. The molecular weight excluding hydrogens is 354 g/mol. The Morgan fingerprint density at radius 1 is 1.40 bits per heavy atom. The van der Waals surface area contributed by atoms with Gasteiger partial charge in [-0.3, -0.25) is 14.2 Å². The summed E-state index contributed by atoms with van der Waals surface area (Å²) < 4.78 is 2.92. The van der Waals surface area contributed by atoms with Gasteiger partial charge in [-0.25, -0.2) is 0 Å². The van der Waals surface area contributed by atoms with Crippen LogP contribution in [0.1, 0.15) is 45.4 Å². The summed E-state index contributed by atoms with van der Waals surface area (Å²) in [4.78, 5) is 28.0. The van der Waals surface area contributed by atoms with E-state index in [0.717, 1.165) is 55.3 Å². The smallest absolute Gasteiger partial charge is 0.272 e. The minimum absolute atomic E-state index is 0.00758. The number of hydrogen-bond donors (Lipinski definition) is 2. The molecule has 25 heavy (non-hydrogen) atoms. The zero-order valence-electron chi connectivity index (χ0n) is 14.5. The molecule has 2 aromatic heterocycles. The van der Waals surface area contributed by atoms with E-state index >= 15 is 0 Å². The van der Waals surface area contributed by atoms with Gasteiger partial charge in [0.15, 0.2) is 4.77 Å². The lowest BCUT2D eigenvalue weighted by molar-refractivity contribution is -0.126. The molecule has 0 bridgehead atoms. The molecule has 0 radical (unpaired) electrons. The number of aromatic nitrogens is 2. The van der Waals surface area contributed by atoms with E-state index in [2.05, 4.69) is 17.2 Å². The van der Waals surface area contributed by atoms with Gasteiger partial charge >= 0.3 is 0 Å². The third-order valence-corrected chi connectivity index (χ3v) is 6.30. The molecule has 1 aliphatic carbocycles. The lowest BCUT2D eigenvalue weighted by Gasteiger charge is -2.28. The van der Waals surface area contributed by atoms with Crippen molar-refractivity contribution < 1.29 is 4.79 Å². The summed E-state index contributed by atoms with van der Waals surface area (Å²) in [5.74, 6) is 0.727. The molecule has 3 rings (SSSR count). The van der Waals surface area contributed by atoms with Crippen LogP contribution < -0.4 is 10.9 Å². The fourth-order valence-electron chi connectivity index (χ4n) is 3.53. The van der Waals surface area contributed by atoms with Crippen LogP contribution in [0.4, 0.5) is 0 Å². The summed E-state index contributed by atoms with van der Waals surface area (Å²) in [5.41, 5.74) is 0.830. The highest BCUT2D eigenvalue weighted by molar-refractivity contribution is 7.71. The summed E-state index contributed by atoms with van der Waals surface area (Å²) in [5, 5.41) is 4.95. The normalized spacial score (nSPS) is 20.7. The summed E-state index contributed by atoms with van der Waals surface area (Å²) in [6, 6.07) is 1.89. The molecule has 136 valence electrons. The van der Waals surface area contributed by atoms with Crippen molar-refractivity contribution in [2.45, 2.75) is 52.0 Å². The topological polar surface area (TPSA) is 66.9 Å². The number of rotatable bonds is 6. The highest BCUT2D eigenvalue weighted by Gasteiger charge is 2.26. The summed E-state index contributed by atoms with van der Waals surface area (Å²) >= 11 is 6.82. The minimum atomic E-state index is 0.00758. The van der Waals surface area contributed by atoms with Gasteiger partial charge in [0.2, 0.25) is 5.91 Å². The van der Waals surface area contributed by atoms with Crippen molar-refractivity contribution >= 4 is 39.7 Å². The van der Waals surface area contributed by atoms with Crippen LogP contribution in [0.5, 0.6) is 0 Å². The molecule has 2 N–H and O–H groups in total. The average molecular weight is 380 g/mol. The van der Waals surface area contributed by atoms with Crippen molar-refractivity contribution in [3.05, 3.63) is 26.6 Å². The number of H-pyrrole nitrogens is 1. The third-order valence-electron chi connectivity index (χ3n) is 5.08. The van der Waals surface area contributed by atoms with Gasteiger partial charge in [0, 0.05) is 19.0 Å². The number of hydrogen-bond acceptors (Lipinski definition) is 4. The van der Waals surface area contributed by atoms with Crippen LogP contribution in [0.25, 0.3) is 10.2 Å². The molecule has 0 atom stereocenters. The standard InChI is InChI=1S/C18H25N3O2S2/c1-2-3-9-19-16(22)13-6-4-12(5-7-13)11-21-17(23)15-14(8-10-25-15)20-18(21)24/h8,10,12-13H,2-7,9,11H2,1H3,(H,19,22)(H,20,24). The van der Waals surface area contributed by atoms with Crippen LogP contribution in [0, 0.1) is 16.6 Å². The number of fused-ring (bicyclic) bond motifs is 1. The van der Waals surface area contributed by atoms with Crippen molar-refractivity contribution in [2.24, 2.45) is 11.8 Å². The molecule has 1 saturated carbocycles. The minimum Gasteiger partial charge on any atom is -0.356 e. The maximum Gasteiger partial charge on any atom is 0.272 e. The van der Waals surface area contributed by atoms with Crippen molar-refractivity contribution in [1.82, 2.24) is 14.9 Å². The Kier molecular flexibility index (Phi) is 6.06. The zero-order valence-corrected chi connectivity index (χ0v) is 16.2. The summed E-state index contributed by atoms with van der Waals surface area (Å²) in [6.07, 6.45) is 5.86. The van der Waals surface area contributed by atoms with E-state index in [4.69, 9.17) is 12.2 Å². The van der Waals surface area contributed by atoms with E-state index < -0.39 is 0 Å². The number of carbonyl (C=O) groups excluding carboxylic acids is 1. The number of thiophene rings is 1. The van der Waals surface area contributed by atoms with Crippen LogP contribution in [0.3, 0.4) is 0 Å². The Hall–Kier alpha value is -1.47. The Labute approximate surface area is 156 Å². The van der Waals surface area contributed by atoms with Gasteiger partial charge in [-0.1, -0.05) is 13.3 Å². The van der Waals surface area contributed by atoms with E-state index in [1.54, 1.807) is 4.57 Å². The second-order valence-corrected chi connectivity index (χ2v) is 8.17. The van der Waals surface area contributed by atoms with E-state index in [1.807, 2.05) is 11.4 Å². The number of aromatic amines is 1. The zero-order chi connectivity index (χ0) is 17.8. The highest BCUT2D eigenvalue weighted by Crippen LogP contribution is 2.30. The molecule has 0 saturated heterocycles.